The van der Waals surface area contributed by atoms with Gasteiger partial charge in [0.1, 0.15) is 0 Å². The highest BCUT2D eigenvalue weighted by molar-refractivity contribution is 9.10. The molecule has 1 aliphatic heterocycles. The molecule has 0 aromatic carbocycles. The van der Waals surface area contributed by atoms with E-state index in [-0.39, 0.29) is 25.0 Å². The van der Waals surface area contributed by atoms with Crippen LogP contribution in [0.1, 0.15) is 39.9 Å². The molecular weight excluding hydrogens is 398 g/mol. The molecular formula is C19H24BrN3O3. The zero-order valence-corrected chi connectivity index (χ0v) is 16.3. The summed E-state index contributed by atoms with van der Waals surface area (Å²) in [4.78, 5) is 17.8. The number of allylic oxidation sites excluding steroid dienone is 2. The Hall–Kier alpha value is -1.44. The second-order valence-corrected chi connectivity index (χ2v) is 7.89. The summed E-state index contributed by atoms with van der Waals surface area (Å²) in [5, 5.41) is 0. The molecule has 2 aromatic heterocycles. The molecule has 3 heterocycles. The Labute approximate surface area is 162 Å². The van der Waals surface area contributed by atoms with Crippen LogP contribution in [0.4, 0.5) is 0 Å². The molecule has 1 saturated heterocycles. The number of methoxy groups -OCH3 is 1. The summed E-state index contributed by atoms with van der Waals surface area (Å²) in [6.07, 6.45) is 9.48. The standard InChI is InChI=1S/C19H24BrN3O3/c1-25-15-7-8-26-16(10-15)12-22-17-9-13(20)11-21-18(17)23(19(22)24)14-5-3-2-4-6-14/h5,9,11,15-16H,2-4,6-8,10,12H2,1H3/t15-,16+/m1/s1/i1D. The summed E-state index contributed by atoms with van der Waals surface area (Å²) >= 11 is 3.48. The van der Waals surface area contributed by atoms with E-state index in [0.717, 1.165) is 41.4 Å². The lowest BCUT2D eigenvalue weighted by atomic mass is 10.0. The van der Waals surface area contributed by atoms with Crippen LogP contribution < -0.4 is 5.69 Å². The predicted molar refractivity (Wildman–Crippen MR) is 104 cm³/mol. The van der Waals surface area contributed by atoms with Gasteiger partial charge < -0.3 is 9.47 Å². The van der Waals surface area contributed by atoms with E-state index in [1.165, 1.54) is 6.42 Å². The van der Waals surface area contributed by atoms with Crippen molar-refractivity contribution in [1.29, 1.82) is 0 Å². The molecule has 2 aromatic rings. The number of aromatic nitrogens is 3. The molecule has 6 nitrogen and oxygen atoms in total. The van der Waals surface area contributed by atoms with Gasteiger partial charge in [0.15, 0.2) is 5.65 Å². The van der Waals surface area contributed by atoms with Crippen LogP contribution in [0, 0.1) is 0 Å². The first kappa shape index (κ1) is 16.7. The Morgan fingerprint density at radius 2 is 2.42 bits per heavy atom. The van der Waals surface area contributed by atoms with Gasteiger partial charge in [-0.15, -0.1) is 0 Å². The first-order valence-corrected chi connectivity index (χ1v) is 9.95. The number of ether oxygens (including phenoxy) is 2. The zero-order valence-electron chi connectivity index (χ0n) is 15.7. The van der Waals surface area contributed by atoms with Crippen molar-refractivity contribution in [2.24, 2.45) is 0 Å². The lowest BCUT2D eigenvalue weighted by Gasteiger charge is -2.28. The minimum Gasteiger partial charge on any atom is -0.381 e. The molecule has 2 aliphatic rings. The molecule has 0 bridgehead atoms. The number of hydrogen-bond acceptors (Lipinski definition) is 4. The van der Waals surface area contributed by atoms with Crippen LogP contribution in [0.5, 0.6) is 0 Å². The van der Waals surface area contributed by atoms with Gasteiger partial charge in [-0.05, 0) is 54.1 Å². The summed E-state index contributed by atoms with van der Waals surface area (Å²) in [5.74, 6) is 0. The van der Waals surface area contributed by atoms with E-state index >= 15 is 0 Å². The molecule has 0 N–H and O–H groups in total. The summed E-state index contributed by atoms with van der Waals surface area (Å²) < 4.78 is 23.0. The normalized spacial score (nSPS) is 24.5. The second-order valence-electron chi connectivity index (χ2n) is 6.97. The van der Waals surface area contributed by atoms with E-state index in [0.29, 0.717) is 25.2 Å². The van der Waals surface area contributed by atoms with Crippen LogP contribution in [0.3, 0.4) is 0 Å². The Morgan fingerprint density at radius 1 is 1.50 bits per heavy atom. The van der Waals surface area contributed by atoms with Gasteiger partial charge in [-0.1, -0.05) is 6.08 Å². The number of fused-ring (bicyclic) bond motifs is 1. The lowest BCUT2D eigenvalue weighted by molar-refractivity contribution is -0.0638. The van der Waals surface area contributed by atoms with Crippen LogP contribution in [0.2, 0.25) is 0 Å². The summed E-state index contributed by atoms with van der Waals surface area (Å²) in [5.41, 5.74) is 2.50. The van der Waals surface area contributed by atoms with Gasteiger partial charge in [0.05, 0.1) is 25.6 Å². The van der Waals surface area contributed by atoms with E-state index in [4.69, 9.17) is 10.8 Å². The Bertz CT molecular complexity index is 905. The Kier molecular flexibility index (Phi) is 4.93. The van der Waals surface area contributed by atoms with Crippen LogP contribution in [0.25, 0.3) is 16.9 Å². The molecule has 0 amide bonds. The smallest absolute Gasteiger partial charge is 0.334 e. The molecule has 4 rings (SSSR count). The molecule has 26 heavy (non-hydrogen) atoms. The first-order chi connectivity index (χ1) is 13.2. The molecule has 7 heteroatoms. The quantitative estimate of drug-likeness (QED) is 0.755. The van der Waals surface area contributed by atoms with Gasteiger partial charge in [-0.2, -0.15) is 0 Å². The van der Waals surface area contributed by atoms with Crippen molar-refractivity contribution < 1.29 is 10.8 Å². The molecule has 140 valence electrons. The minimum absolute atomic E-state index is 0.0243. The van der Waals surface area contributed by atoms with Crippen molar-refractivity contribution in [1.82, 2.24) is 14.1 Å². The average molecular weight is 423 g/mol. The molecule has 0 saturated carbocycles. The number of rotatable bonds is 4. The topological polar surface area (TPSA) is 58.3 Å². The molecule has 2 atom stereocenters. The fourth-order valence-corrected chi connectivity index (χ4v) is 4.21. The number of hydrogen-bond donors (Lipinski definition) is 0. The Morgan fingerprint density at radius 3 is 3.23 bits per heavy atom. The van der Waals surface area contributed by atoms with Crippen molar-refractivity contribution in [3.05, 3.63) is 33.3 Å². The van der Waals surface area contributed by atoms with Crippen molar-refractivity contribution in [3.63, 3.8) is 0 Å². The number of nitrogens with zero attached hydrogens (tertiary/aromatic N) is 3. The summed E-state index contributed by atoms with van der Waals surface area (Å²) in [6, 6.07) is 1.95. The maximum atomic E-state index is 13.3. The van der Waals surface area contributed by atoms with Crippen LogP contribution in [-0.4, -0.2) is 40.0 Å². The highest BCUT2D eigenvalue weighted by atomic mass is 79.9. The van der Waals surface area contributed by atoms with E-state index in [1.54, 1.807) is 15.3 Å². The minimum atomic E-state index is -0.105. The molecule has 0 unspecified atom stereocenters. The van der Waals surface area contributed by atoms with Crippen molar-refractivity contribution >= 4 is 32.8 Å². The highest BCUT2D eigenvalue weighted by Crippen LogP contribution is 2.26. The SMILES string of the molecule is [2H]CO[C@@H]1CCO[C@H](Cn2c(=O)n(C3=CCCCC3)c3ncc(Br)cc32)C1. The van der Waals surface area contributed by atoms with Crippen LogP contribution in [0.15, 0.2) is 27.6 Å². The summed E-state index contributed by atoms with van der Waals surface area (Å²) in [7, 11) is -0.0400. The van der Waals surface area contributed by atoms with Crippen molar-refractivity contribution in [3.8, 4) is 0 Å². The van der Waals surface area contributed by atoms with Crippen LogP contribution in [-0.2, 0) is 16.0 Å². The maximum Gasteiger partial charge on any atom is 0.334 e. The molecule has 1 fully saturated rings. The lowest BCUT2D eigenvalue weighted by Crippen LogP contribution is -2.36. The second kappa shape index (κ2) is 7.66. The number of halogens is 1. The van der Waals surface area contributed by atoms with E-state index in [1.807, 2.05) is 6.07 Å². The zero-order chi connectivity index (χ0) is 18.8. The first-order valence-electron chi connectivity index (χ1n) is 9.86. The third kappa shape index (κ3) is 3.40. The predicted octanol–water partition coefficient (Wildman–Crippen LogP) is 3.57. The highest BCUT2D eigenvalue weighted by Gasteiger charge is 2.26. The fraction of sp³-hybridized carbons (Fsp3) is 0.579. The number of imidazole rings is 1. The maximum absolute atomic E-state index is 13.3. The molecule has 1 aliphatic carbocycles. The van der Waals surface area contributed by atoms with Crippen molar-refractivity contribution in [2.45, 2.75) is 57.3 Å². The van der Waals surface area contributed by atoms with Gasteiger partial charge in [0.2, 0.25) is 0 Å². The average Bonchev–Trinajstić information content (AvgIpc) is 2.94. The van der Waals surface area contributed by atoms with Gasteiger partial charge >= 0.3 is 5.69 Å². The third-order valence-electron chi connectivity index (χ3n) is 5.23. The van der Waals surface area contributed by atoms with Gasteiger partial charge in [0, 0.05) is 36.5 Å². The summed E-state index contributed by atoms with van der Waals surface area (Å²) in [6.45, 7) is 1.06. The fourth-order valence-electron chi connectivity index (χ4n) is 3.89. The van der Waals surface area contributed by atoms with E-state index < -0.39 is 0 Å². The largest absolute Gasteiger partial charge is 0.381 e. The van der Waals surface area contributed by atoms with Crippen molar-refractivity contribution in [2.75, 3.05) is 13.7 Å². The molecule has 0 spiro atoms. The van der Waals surface area contributed by atoms with Gasteiger partial charge in [0.25, 0.3) is 0 Å². The molecule has 0 radical (unpaired) electrons. The van der Waals surface area contributed by atoms with E-state index in [2.05, 4.69) is 27.0 Å². The monoisotopic (exact) mass is 422 g/mol. The third-order valence-corrected chi connectivity index (χ3v) is 5.67. The van der Waals surface area contributed by atoms with Crippen LogP contribution >= 0.6 is 15.9 Å². The van der Waals surface area contributed by atoms with Gasteiger partial charge in [-0.3, -0.25) is 4.57 Å². The van der Waals surface area contributed by atoms with Gasteiger partial charge in [-0.25, -0.2) is 14.3 Å². The van der Waals surface area contributed by atoms with E-state index in [9.17, 15) is 4.79 Å². The Balaban J connectivity index is 1.72. The number of pyridine rings is 1.